The summed E-state index contributed by atoms with van der Waals surface area (Å²) in [6.45, 7) is 8.58. The first-order valence-corrected chi connectivity index (χ1v) is 7.60. The SMILES string of the molecule is CC1(C)CCC[C@@]2(C)C[C@]3(CCCO3)CC[C@H]12. The lowest BCUT2D eigenvalue weighted by atomic mass is 9.49. The predicted octanol–water partition coefficient (Wildman–Crippen LogP) is 4.55. The normalized spacial score (nSPS) is 49.2. The van der Waals surface area contributed by atoms with Gasteiger partial charge in [-0.25, -0.2) is 0 Å². The van der Waals surface area contributed by atoms with Gasteiger partial charge in [0, 0.05) is 6.61 Å². The number of hydrogen-bond donors (Lipinski definition) is 0. The Morgan fingerprint density at radius 3 is 2.47 bits per heavy atom. The van der Waals surface area contributed by atoms with E-state index < -0.39 is 0 Å². The van der Waals surface area contributed by atoms with E-state index in [9.17, 15) is 0 Å². The van der Waals surface area contributed by atoms with Crippen molar-refractivity contribution in [3.8, 4) is 0 Å². The zero-order valence-corrected chi connectivity index (χ0v) is 11.8. The molecule has 1 nitrogen and oxygen atoms in total. The second-order valence-electron chi connectivity index (χ2n) is 7.90. The fourth-order valence-corrected chi connectivity index (χ4v) is 5.51. The molecule has 0 unspecified atom stereocenters. The summed E-state index contributed by atoms with van der Waals surface area (Å²) in [5, 5.41) is 0. The van der Waals surface area contributed by atoms with E-state index >= 15 is 0 Å². The van der Waals surface area contributed by atoms with Gasteiger partial charge in [0.15, 0.2) is 0 Å². The number of fused-ring (bicyclic) bond motifs is 1. The van der Waals surface area contributed by atoms with E-state index in [-0.39, 0.29) is 0 Å². The van der Waals surface area contributed by atoms with Crippen molar-refractivity contribution in [2.45, 2.75) is 77.7 Å². The first-order chi connectivity index (χ1) is 7.96. The molecule has 1 spiro atoms. The Labute approximate surface area is 106 Å². The minimum absolute atomic E-state index is 0.290. The lowest BCUT2D eigenvalue weighted by Crippen LogP contribution is -2.51. The van der Waals surface area contributed by atoms with Crippen molar-refractivity contribution in [3.63, 3.8) is 0 Å². The summed E-state index contributed by atoms with van der Waals surface area (Å²) in [4.78, 5) is 0. The van der Waals surface area contributed by atoms with Crippen molar-refractivity contribution < 1.29 is 4.74 Å². The van der Waals surface area contributed by atoms with Gasteiger partial charge >= 0.3 is 0 Å². The first-order valence-electron chi connectivity index (χ1n) is 7.60. The summed E-state index contributed by atoms with van der Waals surface area (Å²) in [6.07, 6.45) is 11.0. The van der Waals surface area contributed by atoms with Crippen LogP contribution in [0.25, 0.3) is 0 Å². The van der Waals surface area contributed by atoms with Crippen LogP contribution in [0.3, 0.4) is 0 Å². The largest absolute Gasteiger partial charge is 0.375 e. The van der Waals surface area contributed by atoms with Crippen LogP contribution in [-0.4, -0.2) is 12.2 Å². The van der Waals surface area contributed by atoms with Crippen LogP contribution in [0.4, 0.5) is 0 Å². The molecule has 0 N–H and O–H groups in total. The van der Waals surface area contributed by atoms with E-state index in [4.69, 9.17) is 4.74 Å². The van der Waals surface area contributed by atoms with Gasteiger partial charge in [-0.15, -0.1) is 0 Å². The van der Waals surface area contributed by atoms with Crippen LogP contribution in [0.5, 0.6) is 0 Å². The standard InChI is InChI=1S/C16H28O/c1-14(2)7-4-8-15(3)12-16(9-5-11-17-16)10-6-13(14)15/h13H,4-12H2,1-3H3/t13-,15+,16+/m1/s1. The van der Waals surface area contributed by atoms with Gasteiger partial charge in [-0.05, 0) is 61.7 Å². The van der Waals surface area contributed by atoms with Gasteiger partial charge in [0.2, 0.25) is 0 Å². The summed E-state index contributed by atoms with van der Waals surface area (Å²) in [5.41, 5.74) is 1.41. The summed E-state index contributed by atoms with van der Waals surface area (Å²) >= 11 is 0. The van der Waals surface area contributed by atoms with E-state index in [0.29, 0.717) is 16.4 Å². The summed E-state index contributed by atoms with van der Waals surface area (Å²) in [6, 6.07) is 0. The Morgan fingerprint density at radius 2 is 1.76 bits per heavy atom. The lowest BCUT2D eigenvalue weighted by Gasteiger charge is -2.57. The molecule has 0 bridgehead atoms. The van der Waals surface area contributed by atoms with Crippen LogP contribution in [0, 0.1) is 16.7 Å². The second-order valence-corrected chi connectivity index (χ2v) is 7.90. The van der Waals surface area contributed by atoms with E-state index in [1.807, 2.05) is 0 Å². The molecule has 2 saturated carbocycles. The van der Waals surface area contributed by atoms with Crippen LogP contribution in [0.1, 0.15) is 72.1 Å². The summed E-state index contributed by atoms with van der Waals surface area (Å²) in [5.74, 6) is 0.929. The van der Waals surface area contributed by atoms with Crippen molar-refractivity contribution >= 4 is 0 Å². The molecule has 1 aliphatic heterocycles. The average Bonchev–Trinajstić information content (AvgIpc) is 2.63. The fourth-order valence-electron chi connectivity index (χ4n) is 5.51. The molecule has 0 aromatic carbocycles. The third kappa shape index (κ3) is 1.85. The Kier molecular flexibility index (Phi) is 2.63. The first kappa shape index (κ1) is 12.0. The van der Waals surface area contributed by atoms with Gasteiger partial charge in [0.25, 0.3) is 0 Å². The Hall–Kier alpha value is -0.0400. The molecule has 0 aromatic heterocycles. The molecule has 0 radical (unpaired) electrons. The summed E-state index contributed by atoms with van der Waals surface area (Å²) in [7, 11) is 0. The molecular weight excluding hydrogens is 208 g/mol. The van der Waals surface area contributed by atoms with Crippen LogP contribution >= 0.6 is 0 Å². The van der Waals surface area contributed by atoms with Crippen molar-refractivity contribution in [3.05, 3.63) is 0 Å². The molecule has 3 fully saturated rings. The molecular formula is C16H28O. The van der Waals surface area contributed by atoms with Gasteiger partial charge in [0.05, 0.1) is 5.60 Å². The van der Waals surface area contributed by atoms with Crippen LogP contribution in [-0.2, 0) is 4.74 Å². The van der Waals surface area contributed by atoms with Crippen LogP contribution in [0.15, 0.2) is 0 Å². The van der Waals surface area contributed by atoms with Crippen molar-refractivity contribution in [1.82, 2.24) is 0 Å². The van der Waals surface area contributed by atoms with E-state index in [1.54, 1.807) is 0 Å². The van der Waals surface area contributed by atoms with Gasteiger partial charge in [-0.3, -0.25) is 0 Å². The average molecular weight is 236 g/mol. The molecule has 2 aliphatic carbocycles. The summed E-state index contributed by atoms with van der Waals surface area (Å²) < 4.78 is 6.16. The zero-order valence-electron chi connectivity index (χ0n) is 11.8. The van der Waals surface area contributed by atoms with Gasteiger partial charge < -0.3 is 4.74 Å². The van der Waals surface area contributed by atoms with Crippen molar-refractivity contribution in [1.29, 1.82) is 0 Å². The van der Waals surface area contributed by atoms with Crippen LogP contribution < -0.4 is 0 Å². The number of hydrogen-bond acceptors (Lipinski definition) is 1. The smallest absolute Gasteiger partial charge is 0.0688 e. The highest BCUT2D eigenvalue weighted by Crippen LogP contribution is 2.61. The number of ether oxygens (including phenoxy) is 1. The molecule has 0 aromatic rings. The predicted molar refractivity (Wildman–Crippen MR) is 71.0 cm³/mol. The molecule has 3 aliphatic rings. The maximum Gasteiger partial charge on any atom is 0.0688 e. The minimum Gasteiger partial charge on any atom is -0.375 e. The molecule has 0 amide bonds. The molecule has 1 heteroatoms. The fraction of sp³-hybridized carbons (Fsp3) is 1.00. The van der Waals surface area contributed by atoms with Gasteiger partial charge in [-0.1, -0.05) is 27.2 Å². The van der Waals surface area contributed by atoms with Gasteiger partial charge in [0.1, 0.15) is 0 Å². The van der Waals surface area contributed by atoms with Gasteiger partial charge in [-0.2, -0.15) is 0 Å². The highest BCUT2D eigenvalue weighted by Gasteiger charge is 2.54. The quantitative estimate of drug-likeness (QED) is 0.599. The second kappa shape index (κ2) is 3.73. The van der Waals surface area contributed by atoms with Crippen molar-refractivity contribution in [2.24, 2.45) is 16.7 Å². The molecule has 1 saturated heterocycles. The maximum absolute atomic E-state index is 6.16. The Balaban J connectivity index is 1.85. The van der Waals surface area contributed by atoms with E-state index in [1.165, 1.54) is 51.4 Å². The third-order valence-corrected chi connectivity index (χ3v) is 6.15. The molecule has 17 heavy (non-hydrogen) atoms. The Morgan fingerprint density at radius 1 is 0.941 bits per heavy atom. The highest BCUT2D eigenvalue weighted by atomic mass is 16.5. The zero-order chi connectivity index (χ0) is 12.1. The van der Waals surface area contributed by atoms with E-state index in [2.05, 4.69) is 20.8 Å². The third-order valence-electron chi connectivity index (χ3n) is 6.15. The highest BCUT2D eigenvalue weighted by molar-refractivity contribution is 5.05. The lowest BCUT2D eigenvalue weighted by molar-refractivity contribution is -0.129. The Bertz CT molecular complexity index is 301. The molecule has 3 rings (SSSR count). The van der Waals surface area contributed by atoms with Crippen LogP contribution in [0.2, 0.25) is 0 Å². The topological polar surface area (TPSA) is 9.23 Å². The number of rotatable bonds is 0. The molecule has 1 heterocycles. The minimum atomic E-state index is 0.290. The monoisotopic (exact) mass is 236 g/mol. The van der Waals surface area contributed by atoms with E-state index in [0.717, 1.165) is 12.5 Å². The molecule has 3 atom stereocenters. The van der Waals surface area contributed by atoms with Crippen molar-refractivity contribution in [2.75, 3.05) is 6.61 Å². The molecule has 98 valence electrons. The maximum atomic E-state index is 6.16.